The Labute approximate surface area is 80.9 Å². The summed E-state index contributed by atoms with van der Waals surface area (Å²) in [6.45, 7) is 0. The molecule has 0 amide bonds. The molecule has 0 saturated heterocycles. The molecule has 1 N–H and O–H groups in total. The van der Waals surface area contributed by atoms with Crippen molar-refractivity contribution >= 4 is 23.2 Å². The topological polar surface area (TPSA) is 20.2 Å². The highest BCUT2D eigenvalue weighted by atomic mass is 35.5. The van der Waals surface area contributed by atoms with Gasteiger partial charge in [-0.2, -0.15) is 0 Å². The average molecular weight is 203 g/mol. The molecule has 64 valence electrons. The summed E-state index contributed by atoms with van der Waals surface area (Å²) in [5, 5.41) is 9.38. The molecule has 1 nitrogen and oxygen atoms in total. The number of rotatable bonds is 1. The molecule has 3 heteroatoms. The molecule has 0 heterocycles. The number of halogens is 2. The van der Waals surface area contributed by atoms with E-state index in [9.17, 15) is 5.11 Å². The maximum absolute atomic E-state index is 9.44. The maximum Gasteiger partial charge on any atom is 0.119 e. The highest BCUT2D eigenvalue weighted by molar-refractivity contribution is 6.35. The first-order chi connectivity index (χ1) is 5.72. The predicted octanol–water partition coefficient (Wildman–Crippen LogP) is 2.70. The van der Waals surface area contributed by atoms with Gasteiger partial charge in [-0.15, -0.1) is 23.2 Å². The summed E-state index contributed by atoms with van der Waals surface area (Å²) in [6, 6.07) is 7.17. The summed E-state index contributed by atoms with van der Waals surface area (Å²) in [7, 11) is 0. The van der Waals surface area contributed by atoms with Crippen LogP contribution >= 0.6 is 23.2 Å². The number of phenols is 1. The number of hydrogen-bond donors (Lipinski definition) is 1. The van der Waals surface area contributed by atoms with E-state index in [0.29, 0.717) is 0 Å². The number of phenolic OH excluding ortho intramolecular Hbond substituents is 1. The van der Waals surface area contributed by atoms with Gasteiger partial charge in [0.1, 0.15) is 5.75 Å². The van der Waals surface area contributed by atoms with Crippen molar-refractivity contribution in [2.45, 2.75) is 16.7 Å². The Balaban J connectivity index is 2.30. The molecule has 0 aliphatic heterocycles. The Morgan fingerprint density at radius 3 is 2.17 bits per heavy atom. The van der Waals surface area contributed by atoms with Crippen molar-refractivity contribution < 1.29 is 5.11 Å². The number of hydrogen-bond acceptors (Lipinski definition) is 1. The first-order valence-electron chi connectivity index (χ1n) is 3.78. The van der Waals surface area contributed by atoms with Crippen molar-refractivity contribution in [3.8, 4) is 5.75 Å². The van der Waals surface area contributed by atoms with Crippen LogP contribution in [-0.4, -0.2) is 15.9 Å². The van der Waals surface area contributed by atoms with E-state index >= 15 is 0 Å². The molecule has 1 aromatic carbocycles. The third kappa shape index (κ3) is 1.17. The minimum absolute atomic E-state index is 0.0278. The number of aromatic hydroxyl groups is 1. The highest BCUT2D eigenvalue weighted by Crippen LogP contribution is 2.51. The van der Waals surface area contributed by atoms with Crippen LogP contribution in [0.1, 0.15) is 11.5 Å². The molecule has 0 radical (unpaired) electrons. The number of para-hydroxylation sites is 1. The Morgan fingerprint density at radius 1 is 1.08 bits per heavy atom. The van der Waals surface area contributed by atoms with Crippen LogP contribution in [0.2, 0.25) is 0 Å². The van der Waals surface area contributed by atoms with Crippen LogP contribution in [0.3, 0.4) is 0 Å². The van der Waals surface area contributed by atoms with Gasteiger partial charge >= 0.3 is 0 Å². The fourth-order valence-electron chi connectivity index (χ4n) is 1.35. The van der Waals surface area contributed by atoms with Gasteiger partial charge in [0.25, 0.3) is 0 Å². The molecule has 2 unspecified atom stereocenters. The molecule has 0 aromatic heterocycles. The Kier molecular flexibility index (Phi) is 1.93. The van der Waals surface area contributed by atoms with E-state index in [2.05, 4.69) is 0 Å². The Bertz CT molecular complexity index is 292. The van der Waals surface area contributed by atoms with Crippen molar-refractivity contribution in [2.75, 3.05) is 0 Å². The SMILES string of the molecule is Oc1ccccc1C1C(Cl)C1Cl. The third-order valence-electron chi connectivity index (χ3n) is 2.15. The zero-order chi connectivity index (χ0) is 8.72. The molecule has 1 saturated carbocycles. The van der Waals surface area contributed by atoms with Crippen LogP contribution in [0, 0.1) is 0 Å². The quantitative estimate of drug-likeness (QED) is 0.695. The lowest BCUT2D eigenvalue weighted by Gasteiger charge is -2.00. The summed E-state index contributed by atoms with van der Waals surface area (Å²) in [5.74, 6) is 0.408. The van der Waals surface area contributed by atoms with Crippen LogP contribution in [0.25, 0.3) is 0 Å². The van der Waals surface area contributed by atoms with Gasteiger partial charge in [0.2, 0.25) is 0 Å². The van der Waals surface area contributed by atoms with E-state index in [0.717, 1.165) is 5.56 Å². The van der Waals surface area contributed by atoms with Crippen molar-refractivity contribution in [3.05, 3.63) is 29.8 Å². The monoisotopic (exact) mass is 202 g/mol. The smallest absolute Gasteiger partial charge is 0.119 e. The predicted molar refractivity (Wildman–Crippen MR) is 50.1 cm³/mol. The molecule has 0 spiro atoms. The lowest BCUT2D eigenvalue weighted by Crippen LogP contribution is -1.82. The largest absolute Gasteiger partial charge is 0.508 e. The summed E-state index contributed by atoms with van der Waals surface area (Å²) >= 11 is 11.7. The molecular formula is C9H8Cl2O. The zero-order valence-corrected chi connectivity index (χ0v) is 7.76. The van der Waals surface area contributed by atoms with Crippen molar-refractivity contribution in [1.82, 2.24) is 0 Å². The van der Waals surface area contributed by atoms with Crippen LogP contribution in [0.5, 0.6) is 5.75 Å². The second-order valence-corrected chi connectivity index (χ2v) is 3.98. The molecule has 2 atom stereocenters. The normalized spacial score (nSPS) is 33.3. The lowest BCUT2D eigenvalue weighted by atomic mass is 10.1. The summed E-state index contributed by atoms with van der Waals surface area (Å²) in [6.07, 6.45) is 0. The standard InChI is InChI=1S/C9H8Cl2O/c10-8-7(9(8)11)5-3-1-2-4-6(5)12/h1-4,7-9,12H. The summed E-state index contributed by atoms with van der Waals surface area (Å²) < 4.78 is 0. The van der Waals surface area contributed by atoms with Crippen molar-refractivity contribution in [1.29, 1.82) is 0 Å². The molecule has 12 heavy (non-hydrogen) atoms. The third-order valence-corrected chi connectivity index (χ3v) is 3.36. The molecule has 1 aromatic rings. The number of benzene rings is 1. The molecule has 1 fully saturated rings. The number of alkyl halides is 2. The first kappa shape index (κ1) is 8.21. The van der Waals surface area contributed by atoms with E-state index in [1.165, 1.54) is 0 Å². The first-order valence-corrected chi connectivity index (χ1v) is 4.65. The van der Waals surface area contributed by atoms with Crippen LogP contribution in [0.15, 0.2) is 24.3 Å². The van der Waals surface area contributed by atoms with E-state index in [1.54, 1.807) is 12.1 Å². The molecule has 1 aliphatic rings. The Morgan fingerprint density at radius 2 is 1.67 bits per heavy atom. The minimum Gasteiger partial charge on any atom is -0.508 e. The van der Waals surface area contributed by atoms with Gasteiger partial charge in [-0.1, -0.05) is 18.2 Å². The van der Waals surface area contributed by atoms with E-state index in [1.807, 2.05) is 12.1 Å². The second kappa shape index (κ2) is 2.82. The lowest BCUT2D eigenvalue weighted by molar-refractivity contribution is 0.468. The van der Waals surface area contributed by atoms with E-state index < -0.39 is 0 Å². The van der Waals surface area contributed by atoms with Crippen LogP contribution in [0.4, 0.5) is 0 Å². The van der Waals surface area contributed by atoms with Gasteiger partial charge in [-0.25, -0.2) is 0 Å². The van der Waals surface area contributed by atoms with Gasteiger partial charge in [-0.3, -0.25) is 0 Å². The average Bonchev–Trinajstić information content (AvgIpc) is 2.62. The van der Waals surface area contributed by atoms with Crippen molar-refractivity contribution in [2.24, 2.45) is 0 Å². The van der Waals surface area contributed by atoms with Crippen LogP contribution in [-0.2, 0) is 0 Å². The van der Waals surface area contributed by atoms with E-state index in [-0.39, 0.29) is 22.4 Å². The molecule has 1 aliphatic carbocycles. The molecular weight excluding hydrogens is 195 g/mol. The minimum atomic E-state index is -0.0278. The second-order valence-electron chi connectivity index (χ2n) is 2.97. The zero-order valence-electron chi connectivity index (χ0n) is 6.24. The van der Waals surface area contributed by atoms with Gasteiger partial charge in [-0.05, 0) is 6.07 Å². The summed E-state index contributed by atoms with van der Waals surface area (Å²) in [4.78, 5) is 0. The van der Waals surface area contributed by atoms with E-state index in [4.69, 9.17) is 23.2 Å². The maximum atomic E-state index is 9.44. The van der Waals surface area contributed by atoms with Crippen molar-refractivity contribution in [3.63, 3.8) is 0 Å². The van der Waals surface area contributed by atoms with Crippen LogP contribution < -0.4 is 0 Å². The van der Waals surface area contributed by atoms with Gasteiger partial charge in [0.15, 0.2) is 0 Å². The van der Waals surface area contributed by atoms with Gasteiger partial charge in [0.05, 0.1) is 10.8 Å². The molecule has 0 bridgehead atoms. The highest BCUT2D eigenvalue weighted by Gasteiger charge is 2.49. The fraction of sp³-hybridized carbons (Fsp3) is 0.333. The fourth-order valence-corrected chi connectivity index (χ4v) is 2.16. The Hall–Kier alpha value is -0.400. The van der Waals surface area contributed by atoms with Gasteiger partial charge in [0, 0.05) is 11.5 Å². The van der Waals surface area contributed by atoms with Gasteiger partial charge < -0.3 is 5.11 Å². The summed E-state index contributed by atoms with van der Waals surface area (Å²) in [5.41, 5.74) is 0.859. The molecule has 2 rings (SSSR count).